The minimum Gasteiger partial charge on any atom is -0.381 e. The smallest absolute Gasteiger partial charge is 0.324 e. The maximum Gasteiger partial charge on any atom is 0.324 e. The fourth-order valence-electron chi connectivity index (χ4n) is 3.93. The summed E-state index contributed by atoms with van der Waals surface area (Å²) >= 11 is 3.45. The predicted molar refractivity (Wildman–Crippen MR) is 115 cm³/mol. The van der Waals surface area contributed by atoms with Crippen LogP contribution in [0.2, 0.25) is 0 Å². The summed E-state index contributed by atoms with van der Waals surface area (Å²) in [6.45, 7) is 1.23. The molecule has 2 aliphatic rings. The van der Waals surface area contributed by atoms with Crippen LogP contribution >= 0.6 is 15.9 Å². The van der Waals surface area contributed by atoms with Gasteiger partial charge in [0, 0.05) is 23.4 Å². The van der Waals surface area contributed by atoms with Crippen LogP contribution in [0.4, 0.5) is 10.5 Å². The molecule has 0 radical (unpaired) electrons. The lowest BCUT2D eigenvalue weighted by molar-refractivity contribution is -0.126. The van der Waals surface area contributed by atoms with Crippen LogP contribution in [-0.2, 0) is 26.3 Å². The van der Waals surface area contributed by atoms with Crippen LogP contribution in [0.5, 0.6) is 0 Å². The summed E-state index contributed by atoms with van der Waals surface area (Å²) in [5.74, 6) is -0.342. The highest BCUT2D eigenvalue weighted by atomic mass is 79.9. The molecule has 0 atom stereocenters. The fraction of sp³-hybridized carbons (Fsp3) is 0.318. The number of nitrogens with zero attached hydrogens (tertiary/aromatic N) is 1. The first kappa shape index (κ1) is 20.6. The Kier molecular flexibility index (Phi) is 5.87. The van der Waals surface area contributed by atoms with Crippen LogP contribution in [0.15, 0.2) is 53.0 Å². The molecular formula is C22H22BrN3O4. The molecule has 156 valence electrons. The summed E-state index contributed by atoms with van der Waals surface area (Å²) in [5, 5.41) is 5.55. The SMILES string of the molecule is O=C1CNC(=O)N1Cc1cccc(NC(=O)C2(c3ccc(Br)cc3)CCOCC2)c1. The van der Waals surface area contributed by atoms with E-state index < -0.39 is 11.4 Å². The predicted octanol–water partition coefficient (Wildman–Crippen LogP) is 3.19. The molecule has 2 fully saturated rings. The van der Waals surface area contributed by atoms with Crippen LogP contribution in [0.1, 0.15) is 24.0 Å². The van der Waals surface area contributed by atoms with Crippen molar-refractivity contribution >= 4 is 39.5 Å². The molecule has 4 amide bonds. The number of carbonyl (C=O) groups excluding carboxylic acids is 3. The van der Waals surface area contributed by atoms with Gasteiger partial charge in [0.25, 0.3) is 0 Å². The first-order valence-electron chi connectivity index (χ1n) is 9.80. The minimum absolute atomic E-state index is 0.0209. The Labute approximate surface area is 182 Å². The molecule has 2 aliphatic heterocycles. The normalized spacial score (nSPS) is 18.2. The first-order valence-corrected chi connectivity index (χ1v) is 10.6. The fourth-order valence-corrected chi connectivity index (χ4v) is 4.20. The number of carbonyl (C=O) groups is 3. The number of amides is 4. The van der Waals surface area contributed by atoms with Gasteiger partial charge in [-0.2, -0.15) is 0 Å². The molecule has 0 aromatic heterocycles. The van der Waals surface area contributed by atoms with Crippen LogP contribution in [0.25, 0.3) is 0 Å². The summed E-state index contributed by atoms with van der Waals surface area (Å²) in [6, 6.07) is 14.7. The van der Waals surface area contributed by atoms with E-state index in [2.05, 4.69) is 26.6 Å². The summed E-state index contributed by atoms with van der Waals surface area (Å²) in [5.41, 5.74) is 1.69. The molecular weight excluding hydrogens is 450 g/mol. The number of anilines is 1. The van der Waals surface area contributed by atoms with Crippen molar-refractivity contribution in [1.29, 1.82) is 0 Å². The van der Waals surface area contributed by atoms with Crippen LogP contribution < -0.4 is 10.6 Å². The van der Waals surface area contributed by atoms with E-state index in [-0.39, 0.29) is 24.9 Å². The van der Waals surface area contributed by atoms with E-state index in [1.807, 2.05) is 36.4 Å². The van der Waals surface area contributed by atoms with Gasteiger partial charge >= 0.3 is 6.03 Å². The van der Waals surface area contributed by atoms with Gasteiger partial charge in [-0.25, -0.2) is 4.79 Å². The number of ether oxygens (including phenoxy) is 1. The summed E-state index contributed by atoms with van der Waals surface area (Å²) in [7, 11) is 0. The van der Waals surface area contributed by atoms with E-state index in [4.69, 9.17) is 4.74 Å². The zero-order valence-corrected chi connectivity index (χ0v) is 17.9. The van der Waals surface area contributed by atoms with Gasteiger partial charge < -0.3 is 15.4 Å². The van der Waals surface area contributed by atoms with Gasteiger partial charge in [0.2, 0.25) is 11.8 Å². The Morgan fingerprint density at radius 3 is 2.53 bits per heavy atom. The lowest BCUT2D eigenvalue weighted by atomic mass is 9.73. The second-order valence-corrected chi connectivity index (χ2v) is 8.41. The van der Waals surface area contributed by atoms with Crippen molar-refractivity contribution < 1.29 is 19.1 Å². The average Bonchev–Trinajstić information content (AvgIpc) is 3.07. The summed E-state index contributed by atoms with van der Waals surface area (Å²) < 4.78 is 6.48. The van der Waals surface area contributed by atoms with Crippen molar-refractivity contribution in [3.8, 4) is 0 Å². The molecule has 2 aromatic carbocycles. The molecule has 0 unspecified atom stereocenters. The van der Waals surface area contributed by atoms with Gasteiger partial charge in [-0.05, 0) is 48.2 Å². The quantitative estimate of drug-likeness (QED) is 0.655. The van der Waals surface area contributed by atoms with Crippen molar-refractivity contribution in [2.45, 2.75) is 24.8 Å². The Morgan fingerprint density at radius 2 is 1.87 bits per heavy atom. The highest BCUT2D eigenvalue weighted by Crippen LogP contribution is 2.36. The van der Waals surface area contributed by atoms with E-state index in [9.17, 15) is 14.4 Å². The van der Waals surface area contributed by atoms with Gasteiger partial charge in [0.15, 0.2) is 0 Å². The molecule has 0 bridgehead atoms. The van der Waals surface area contributed by atoms with E-state index in [0.717, 1.165) is 15.6 Å². The maximum atomic E-state index is 13.4. The van der Waals surface area contributed by atoms with Crippen molar-refractivity contribution in [2.75, 3.05) is 25.1 Å². The van der Waals surface area contributed by atoms with Gasteiger partial charge in [0.1, 0.15) is 0 Å². The number of hydrogen-bond donors (Lipinski definition) is 2. The second-order valence-electron chi connectivity index (χ2n) is 7.49. The van der Waals surface area contributed by atoms with Crippen molar-refractivity contribution in [1.82, 2.24) is 10.2 Å². The van der Waals surface area contributed by atoms with Crippen LogP contribution in [-0.4, -0.2) is 42.5 Å². The molecule has 0 aliphatic carbocycles. The van der Waals surface area contributed by atoms with Crippen LogP contribution in [0, 0.1) is 0 Å². The Hall–Kier alpha value is -2.71. The number of halogens is 1. The lowest BCUT2D eigenvalue weighted by Gasteiger charge is -2.36. The zero-order valence-electron chi connectivity index (χ0n) is 16.3. The Balaban J connectivity index is 1.55. The van der Waals surface area contributed by atoms with Gasteiger partial charge in [-0.15, -0.1) is 0 Å². The van der Waals surface area contributed by atoms with Gasteiger partial charge in [0.05, 0.1) is 18.5 Å². The third-order valence-electron chi connectivity index (χ3n) is 5.64. The molecule has 30 heavy (non-hydrogen) atoms. The molecule has 2 aromatic rings. The third kappa shape index (κ3) is 4.11. The standard InChI is InChI=1S/C22H22BrN3O4/c23-17-6-4-16(5-7-17)22(8-10-30-11-9-22)20(28)25-18-3-1-2-15(12-18)14-26-19(27)13-24-21(26)29/h1-7,12H,8-11,13-14H2,(H,24,29)(H,25,28). The van der Waals surface area contributed by atoms with E-state index in [1.165, 1.54) is 4.90 Å². The lowest BCUT2D eigenvalue weighted by Crippen LogP contribution is -2.44. The van der Waals surface area contributed by atoms with E-state index in [0.29, 0.717) is 31.7 Å². The Bertz CT molecular complexity index is 955. The molecule has 2 N–H and O–H groups in total. The molecule has 2 heterocycles. The average molecular weight is 472 g/mol. The van der Waals surface area contributed by atoms with Crippen molar-refractivity contribution in [3.05, 3.63) is 64.1 Å². The zero-order chi connectivity index (χ0) is 21.1. The molecule has 8 heteroatoms. The van der Waals surface area contributed by atoms with Gasteiger partial charge in [-0.3, -0.25) is 14.5 Å². The third-order valence-corrected chi connectivity index (χ3v) is 6.17. The monoisotopic (exact) mass is 471 g/mol. The van der Waals surface area contributed by atoms with E-state index >= 15 is 0 Å². The molecule has 2 saturated heterocycles. The number of hydrogen-bond acceptors (Lipinski definition) is 4. The summed E-state index contributed by atoms with van der Waals surface area (Å²) in [6.07, 6.45) is 1.20. The highest BCUT2D eigenvalue weighted by Gasteiger charge is 2.41. The molecule has 0 saturated carbocycles. The van der Waals surface area contributed by atoms with Gasteiger partial charge in [-0.1, -0.05) is 40.2 Å². The maximum absolute atomic E-state index is 13.4. The van der Waals surface area contributed by atoms with Crippen LogP contribution in [0.3, 0.4) is 0 Å². The number of benzene rings is 2. The number of urea groups is 1. The topological polar surface area (TPSA) is 87.7 Å². The molecule has 4 rings (SSSR count). The Morgan fingerprint density at radius 1 is 1.13 bits per heavy atom. The second kappa shape index (κ2) is 8.57. The highest BCUT2D eigenvalue weighted by molar-refractivity contribution is 9.10. The largest absolute Gasteiger partial charge is 0.381 e. The summed E-state index contributed by atoms with van der Waals surface area (Å²) in [4.78, 5) is 38.2. The minimum atomic E-state index is -0.667. The molecule has 7 nitrogen and oxygen atoms in total. The van der Waals surface area contributed by atoms with Crippen molar-refractivity contribution in [2.24, 2.45) is 0 Å². The van der Waals surface area contributed by atoms with E-state index in [1.54, 1.807) is 12.1 Å². The molecule has 0 spiro atoms. The van der Waals surface area contributed by atoms with Crippen molar-refractivity contribution in [3.63, 3.8) is 0 Å². The number of rotatable bonds is 5. The number of nitrogens with one attached hydrogen (secondary N) is 2. The number of imide groups is 1. The first-order chi connectivity index (χ1) is 14.5.